The van der Waals surface area contributed by atoms with Crippen LogP contribution in [0.25, 0.3) is 10.9 Å². The Bertz CT molecular complexity index is 956. The van der Waals surface area contributed by atoms with Gasteiger partial charge in [0.05, 0.1) is 5.52 Å². The summed E-state index contributed by atoms with van der Waals surface area (Å²) in [7, 11) is 0. The molecule has 0 N–H and O–H groups in total. The van der Waals surface area contributed by atoms with Crippen molar-refractivity contribution in [2.75, 3.05) is 6.79 Å². The number of ether oxygens (including phenoxy) is 2. The van der Waals surface area contributed by atoms with Gasteiger partial charge in [-0.05, 0) is 49.4 Å². The van der Waals surface area contributed by atoms with Crippen molar-refractivity contribution in [1.82, 2.24) is 4.57 Å². The first-order valence-corrected chi connectivity index (χ1v) is 8.38. The zero-order valence-electron chi connectivity index (χ0n) is 13.2. The quantitative estimate of drug-likeness (QED) is 0.682. The highest BCUT2D eigenvalue weighted by molar-refractivity contribution is 6.04. The molecule has 0 bridgehead atoms. The van der Waals surface area contributed by atoms with Crippen LogP contribution in [0, 0.1) is 0 Å². The van der Waals surface area contributed by atoms with Gasteiger partial charge in [0, 0.05) is 22.7 Å². The Hall–Kier alpha value is -2.75. The predicted molar refractivity (Wildman–Crippen MR) is 90.9 cm³/mol. The second-order valence-corrected chi connectivity index (χ2v) is 6.36. The first-order chi connectivity index (χ1) is 11.8. The zero-order valence-corrected chi connectivity index (χ0v) is 13.2. The van der Waals surface area contributed by atoms with E-state index in [-0.39, 0.29) is 12.7 Å². The standard InChI is InChI=1S/C20H17NO3/c22-20(13-6-2-1-3-7-13)21-16-9-5-4-8-14(16)15-10-18-19(11-17(15)21)24-12-23-18/h1-3,6-7,10-11H,4-5,8-9,12H2. The van der Waals surface area contributed by atoms with Gasteiger partial charge in [0.1, 0.15) is 0 Å². The van der Waals surface area contributed by atoms with Gasteiger partial charge in [-0.3, -0.25) is 9.36 Å². The molecule has 4 nitrogen and oxygen atoms in total. The number of hydrogen-bond donors (Lipinski definition) is 0. The minimum Gasteiger partial charge on any atom is -0.454 e. The Kier molecular flexibility index (Phi) is 2.92. The van der Waals surface area contributed by atoms with E-state index in [1.807, 2.05) is 47.0 Å². The molecule has 4 heteroatoms. The first-order valence-electron chi connectivity index (χ1n) is 8.38. The van der Waals surface area contributed by atoms with Crippen LogP contribution in [0.5, 0.6) is 11.5 Å². The van der Waals surface area contributed by atoms with Gasteiger partial charge in [-0.15, -0.1) is 0 Å². The van der Waals surface area contributed by atoms with Crippen molar-refractivity contribution in [3.8, 4) is 11.5 Å². The van der Waals surface area contributed by atoms with Crippen LogP contribution in [0.15, 0.2) is 42.5 Å². The lowest BCUT2D eigenvalue weighted by Gasteiger charge is -2.15. The van der Waals surface area contributed by atoms with Crippen molar-refractivity contribution in [2.24, 2.45) is 0 Å². The maximum atomic E-state index is 13.2. The molecular weight excluding hydrogens is 302 g/mol. The van der Waals surface area contributed by atoms with Gasteiger partial charge < -0.3 is 9.47 Å². The second kappa shape index (κ2) is 5.13. The maximum absolute atomic E-state index is 13.2. The van der Waals surface area contributed by atoms with E-state index in [0.717, 1.165) is 47.4 Å². The van der Waals surface area contributed by atoms with Crippen LogP contribution in [0.4, 0.5) is 0 Å². The van der Waals surface area contributed by atoms with Crippen molar-refractivity contribution < 1.29 is 14.3 Å². The number of hydrogen-bond acceptors (Lipinski definition) is 3. The number of fused-ring (bicyclic) bond motifs is 4. The van der Waals surface area contributed by atoms with E-state index in [0.29, 0.717) is 5.56 Å². The zero-order chi connectivity index (χ0) is 16.1. The third-order valence-electron chi connectivity index (χ3n) is 4.99. The molecule has 3 aromatic rings. The topological polar surface area (TPSA) is 40.5 Å². The van der Waals surface area contributed by atoms with Crippen LogP contribution in [-0.2, 0) is 12.8 Å². The molecule has 24 heavy (non-hydrogen) atoms. The Morgan fingerprint density at radius 2 is 1.71 bits per heavy atom. The minimum absolute atomic E-state index is 0.0302. The molecule has 1 aromatic heterocycles. The largest absolute Gasteiger partial charge is 0.454 e. The Balaban J connectivity index is 1.79. The summed E-state index contributed by atoms with van der Waals surface area (Å²) in [5.41, 5.74) is 4.08. The number of nitrogens with zero attached hydrogens (tertiary/aromatic N) is 1. The number of carbonyl (C=O) groups excluding carboxylic acids is 1. The number of carbonyl (C=O) groups is 1. The van der Waals surface area contributed by atoms with Crippen molar-refractivity contribution in [1.29, 1.82) is 0 Å². The molecule has 2 aliphatic rings. The van der Waals surface area contributed by atoms with Crippen molar-refractivity contribution in [3.63, 3.8) is 0 Å². The highest BCUT2D eigenvalue weighted by atomic mass is 16.7. The van der Waals surface area contributed by atoms with Gasteiger partial charge >= 0.3 is 0 Å². The minimum atomic E-state index is 0.0302. The monoisotopic (exact) mass is 319 g/mol. The lowest BCUT2D eigenvalue weighted by molar-refractivity contribution is 0.0961. The molecule has 5 rings (SSSR count). The molecule has 0 unspecified atom stereocenters. The summed E-state index contributed by atoms with van der Waals surface area (Å²) in [5.74, 6) is 1.53. The van der Waals surface area contributed by atoms with E-state index in [2.05, 4.69) is 0 Å². The summed E-state index contributed by atoms with van der Waals surface area (Å²) in [4.78, 5) is 13.2. The summed E-state index contributed by atoms with van der Waals surface area (Å²) in [5, 5.41) is 1.12. The molecule has 1 aliphatic carbocycles. The molecule has 0 saturated heterocycles. The van der Waals surface area contributed by atoms with Crippen molar-refractivity contribution in [2.45, 2.75) is 25.7 Å². The Morgan fingerprint density at radius 3 is 2.54 bits per heavy atom. The fourth-order valence-corrected chi connectivity index (χ4v) is 3.87. The second-order valence-electron chi connectivity index (χ2n) is 6.36. The third kappa shape index (κ3) is 1.89. The van der Waals surface area contributed by atoms with Crippen LogP contribution >= 0.6 is 0 Å². The predicted octanol–water partition coefficient (Wildman–Crippen LogP) is 3.94. The SMILES string of the molecule is O=C(c1ccccc1)n1c2c(c3cc4c(cc31)OCO4)CCCC2. The highest BCUT2D eigenvalue weighted by Crippen LogP contribution is 2.41. The summed E-state index contributed by atoms with van der Waals surface area (Å²) in [6.07, 6.45) is 4.24. The Morgan fingerprint density at radius 1 is 0.958 bits per heavy atom. The average molecular weight is 319 g/mol. The van der Waals surface area contributed by atoms with Crippen LogP contribution < -0.4 is 9.47 Å². The normalized spacial score (nSPS) is 15.5. The van der Waals surface area contributed by atoms with Gasteiger partial charge in [0.2, 0.25) is 6.79 Å². The van der Waals surface area contributed by atoms with Gasteiger partial charge in [0.25, 0.3) is 5.91 Å². The third-order valence-corrected chi connectivity index (χ3v) is 4.99. The number of benzene rings is 2. The lowest BCUT2D eigenvalue weighted by Crippen LogP contribution is -2.17. The number of rotatable bonds is 1. The summed E-state index contributed by atoms with van der Waals surface area (Å²) < 4.78 is 13.0. The molecule has 0 spiro atoms. The summed E-state index contributed by atoms with van der Waals surface area (Å²) in [6, 6.07) is 13.5. The Labute approximate surface area is 139 Å². The van der Waals surface area contributed by atoms with E-state index in [1.165, 1.54) is 12.0 Å². The van der Waals surface area contributed by atoms with E-state index in [9.17, 15) is 4.79 Å². The number of aryl methyl sites for hydroxylation is 1. The molecule has 0 atom stereocenters. The molecule has 0 radical (unpaired) electrons. The molecule has 120 valence electrons. The summed E-state index contributed by atoms with van der Waals surface area (Å²) in [6.45, 7) is 0.247. The van der Waals surface area contributed by atoms with Crippen LogP contribution in [0.1, 0.15) is 34.5 Å². The fourth-order valence-electron chi connectivity index (χ4n) is 3.87. The maximum Gasteiger partial charge on any atom is 0.262 e. The van der Waals surface area contributed by atoms with Gasteiger partial charge in [-0.1, -0.05) is 18.2 Å². The van der Waals surface area contributed by atoms with E-state index in [4.69, 9.17) is 9.47 Å². The van der Waals surface area contributed by atoms with Gasteiger partial charge in [-0.2, -0.15) is 0 Å². The molecular formula is C20H17NO3. The van der Waals surface area contributed by atoms with Crippen molar-refractivity contribution in [3.05, 3.63) is 59.3 Å². The van der Waals surface area contributed by atoms with E-state index in [1.54, 1.807) is 0 Å². The molecule has 2 heterocycles. The smallest absolute Gasteiger partial charge is 0.262 e. The van der Waals surface area contributed by atoms with Crippen LogP contribution in [-0.4, -0.2) is 17.3 Å². The van der Waals surface area contributed by atoms with Crippen LogP contribution in [0.2, 0.25) is 0 Å². The molecule has 0 saturated carbocycles. The molecule has 2 aromatic carbocycles. The average Bonchev–Trinajstić information content (AvgIpc) is 3.21. The summed E-state index contributed by atoms with van der Waals surface area (Å²) >= 11 is 0. The molecule has 1 aliphatic heterocycles. The molecule has 0 amide bonds. The van der Waals surface area contributed by atoms with Gasteiger partial charge in [0.15, 0.2) is 11.5 Å². The molecule has 0 fully saturated rings. The van der Waals surface area contributed by atoms with E-state index < -0.39 is 0 Å². The first kappa shape index (κ1) is 13.7. The van der Waals surface area contributed by atoms with Crippen LogP contribution in [0.3, 0.4) is 0 Å². The van der Waals surface area contributed by atoms with Crippen molar-refractivity contribution >= 4 is 16.8 Å². The fraction of sp³-hybridized carbons (Fsp3) is 0.250. The van der Waals surface area contributed by atoms with Gasteiger partial charge in [-0.25, -0.2) is 0 Å². The lowest BCUT2D eigenvalue weighted by atomic mass is 9.95. The number of aromatic nitrogens is 1. The van der Waals surface area contributed by atoms with E-state index >= 15 is 0 Å². The highest BCUT2D eigenvalue weighted by Gasteiger charge is 2.27.